The van der Waals surface area contributed by atoms with Gasteiger partial charge in [-0.3, -0.25) is 4.79 Å². The van der Waals surface area contributed by atoms with Crippen molar-refractivity contribution >= 4 is 17.5 Å². The van der Waals surface area contributed by atoms with Gasteiger partial charge in [-0.1, -0.05) is 6.42 Å². The van der Waals surface area contributed by atoms with Crippen LogP contribution in [0.2, 0.25) is 0 Å². The number of hydrogen-bond acceptors (Lipinski definition) is 3. The Kier molecular flexibility index (Phi) is 3.88. The van der Waals surface area contributed by atoms with E-state index in [9.17, 15) is 4.79 Å². The highest BCUT2D eigenvalue weighted by Gasteiger charge is 2.24. The van der Waals surface area contributed by atoms with Crippen molar-refractivity contribution in [3.63, 3.8) is 0 Å². The molecule has 1 aliphatic carbocycles. The third-order valence-corrected chi connectivity index (χ3v) is 4.47. The number of carbonyl (C=O) groups excluding carboxylic acids is 1. The standard InChI is InChI=1S/C11H18O2S/c12-10-5-1-2-6-11(10)14-8-9-4-3-7-13-9/h9,11H,1-8H2. The van der Waals surface area contributed by atoms with Gasteiger partial charge < -0.3 is 4.74 Å². The van der Waals surface area contributed by atoms with Crippen LogP contribution < -0.4 is 0 Å². The van der Waals surface area contributed by atoms with E-state index in [2.05, 4.69) is 0 Å². The van der Waals surface area contributed by atoms with E-state index < -0.39 is 0 Å². The average molecular weight is 214 g/mol. The molecular formula is C11H18O2S. The molecule has 2 nitrogen and oxygen atoms in total. The lowest BCUT2D eigenvalue weighted by Crippen LogP contribution is -2.23. The maximum atomic E-state index is 11.5. The highest BCUT2D eigenvalue weighted by Crippen LogP contribution is 2.28. The molecule has 14 heavy (non-hydrogen) atoms. The molecule has 1 saturated carbocycles. The number of hydrogen-bond donors (Lipinski definition) is 0. The maximum absolute atomic E-state index is 11.5. The Morgan fingerprint density at radius 3 is 2.93 bits per heavy atom. The predicted octanol–water partition coefficient (Wildman–Crippen LogP) is 2.41. The van der Waals surface area contributed by atoms with Crippen molar-refractivity contribution < 1.29 is 9.53 Å². The summed E-state index contributed by atoms with van der Waals surface area (Å²) >= 11 is 1.83. The van der Waals surface area contributed by atoms with Gasteiger partial charge in [-0.2, -0.15) is 0 Å². The summed E-state index contributed by atoms with van der Waals surface area (Å²) in [7, 11) is 0. The van der Waals surface area contributed by atoms with Crippen LogP contribution in [0.25, 0.3) is 0 Å². The smallest absolute Gasteiger partial charge is 0.145 e. The Balaban J connectivity index is 1.70. The van der Waals surface area contributed by atoms with Crippen LogP contribution in [0.1, 0.15) is 38.5 Å². The summed E-state index contributed by atoms with van der Waals surface area (Å²) < 4.78 is 5.55. The monoisotopic (exact) mass is 214 g/mol. The lowest BCUT2D eigenvalue weighted by molar-refractivity contribution is -0.119. The van der Waals surface area contributed by atoms with Crippen LogP contribution in [-0.4, -0.2) is 29.5 Å². The molecule has 2 atom stereocenters. The molecule has 2 fully saturated rings. The normalized spacial score (nSPS) is 33.6. The quantitative estimate of drug-likeness (QED) is 0.721. The highest BCUT2D eigenvalue weighted by molar-refractivity contribution is 8.00. The first-order chi connectivity index (χ1) is 6.86. The summed E-state index contributed by atoms with van der Waals surface area (Å²) in [6.07, 6.45) is 7.05. The van der Waals surface area contributed by atoms with E-state index in [1.54, 1.807) is 0 Å². The molecule has 0 spiro atoms. The van der Waals surface area contributed by atoms with Crippen LogP contribution in [0.5, 0.6) is 0 Å². The first-order valence-electron chi connectivity index (χ1n) is 5.62. The average Bonchev–Trinajstić information content (AvgIpc) is 2.69. The van der Waals surface area contributed by atoms with Crippen LogP contribution in [-0.2, 0) is 9.53 Å². The molecule has 0 radical (unpaired) electrons. The summed E-state index contributed by atoms with van der Waals surface area (Å²) in [5.41, 5.74) is 0. The first-order valence-corrected chi connectivity index (χ1v) is 6.67. The summed E-state index contributed by atoms with van der Waals surface area (Å²) in [5, 5.41) is 0.285. The summed E-state index contributed by atoms with van der Waals surface area (Å²) in [4.78, 5) is 11.5. The molecule has 0 bridgehead atoms. The first kappa shape index (κ1) is 10.5. The zero-order valence-corrected chi connectivity index (χ0v) is 9.35. The Morgan fingerprint density at radius 1 is 1.29 bits per heavy atom. The minimum absolute atomic E-state index is 0.285. The largest absolute Gasteiger partial charge is 0.377 e. The van der Waals surface area contributed by atoms with E-state index >= 15 is 0 Å². The second-order valence-corrected chi connectivity index (χ2v) is 5.40. The molecule has 2 aliphatic rings. The predicted molar refractivity (Wildman–Crippen MR) is 58.7 cm³/mol. The van der Waals surface area contributed by atoms with E-state index in [1.165, 1.54) is 19.3 Å². The molecule has 0 aromatic rings. The zero-order chi connectivity index (χ0) is 9.80. The highest BCUT2D eigenvalue weighted by atomic mass is 32.2. The summed E-state index contributed by atoms with van der Waals surface area (Å²) in [6.45, 7) is 0.920. The van der Waals surface area contributed by atoms with E-state index in [0.717, 1.165) is 31.6 Å². The van der Waals surface area contributed by atoms with Gasteiger partial charge in [0, 0.05) is 18.8 Å². The molecule has 1 heterocycles. The Hall–Kier alpha value is -0.0200. The van der Waals surface area contributed by atoms with Gasteiger partial charge in [-0.25, -0.2) is 0 Å². The van der Waals surface area contributed by atoms with Gasteiger partial charge >= 0.3 is 0 Å². The molecule has 0 aromatic heterocycles. The fraction of sp³-hybridized carbons (Fsp3) is 0.909. The van der Waals surface area contributed by atoms with E-state index in [0.29, 0.717) is 11.9 Å². The van der Waals surface area contributed by atoms with Gasteiger partial charge in [0.2, 0.25) is 0 Å². The molecule has 80 valence electrons. The van der Waals surface area contributed by atoms with Crippen molar-refractivity contribution in [1.82, 2.24) is 0 Å². The van der Waals surface area contributed by atoms with Gasteiger partial charge in [0.25, 0.3) is 0 Å². The zero-order valence-electron chi connectivity index (χ0n) is 8.54. The number of Topliss-reactive ketones (excluding diaryl/α,β-unsaturated/α-hetero) is 1. The van der Waals surface area contributed by atoms with Crippen molar-refractivity contribution in [2.45, 2.75) is 49.9 Å². The number of rotatable bonds is 3. The number of carbonyl (C=O) groups is 1. The maximum Gasteiger partial charge on any atom is 0.145 e. The molecule has 0 aromatic carbocycles. The molecule has 2 rings (SSSR count). The third kappa shape index (κ3) is 2.74. The SMILES string of the molecule is O=C1CCCCC1SCC1CCCO1. The molecule has 3 heteroatoms. The molecule has 0 amide bonds. The van der Waals surface area contributed by atoms with Crippen LogP contribution >= 0.6 is 11.8 Å². The summed E-state index contributed by atoms with van der Waals surface area (Å²) in [6, 6.07) is 0. The van der Waals surface area contributed by atoms with Crippen molar-refractivity contribution in [3.8, 4) is 0 Å². The van der Waals surface area contributed by atoms with Crippen molar-refractivity contribution in [2.75, 3.05) is 12.4 Å². The molecule has 0 N–H and O–H groups in total. The molecule has 2 unspecified atom stereocenters. The van der Waals surface area contributed by atoms with E-state index in [4.69, 9.17) is 4.74 Å². The number of ketones is 1. The van der Waals surface area contributed by atoms with Crippen LogP contribution in [0, 0.1) is 0 Å². The lowest BCUT2D eigenvalue weighted by atomic mass is 9.99. The van der Waals surface area contributed by atoms with Crippen LogP contribution in [0.15, 0.2) is 0 Å². The van der Waals surface area contributed by atoms with Crippen LogP contribution in [0.3, 0.4) is 0 Å². The minimum atomic E-state index is 0.285. The Morgan fingerprint density at radius 2 is 2.21 bits per heavy atom. The third-order valence-electron chi connectivity index (χ3n) is 3.01. The topological polar surface area (TPSA) is 26.3 Å². The lowest BCUT2D eigenvalue weighted by Gasteiger charge is -2.21. The fourth-order valence-electron chi connectivity index (χ4n) is 2.13. The molecule has 1 aliphatic heterocycles. The second-order valence-electron chi connectivity index (χ2n) is 4.17. The van der Waals surface area contributed by atoms with Crippen molar-refractivity contribution in [2.24, 2.45) is 0 Å². The van der Waals surface area contributed by atoms with E-state index in [1.807, 2.05) is 11.8 Å². The van der Waals surface area contributed by atoms with Gasteiger partial charge in [-0.05, 0) is 25.7 Å². The number of thioether (sulfide) groups is 1. The van der Waals surface area contributed by atoms with Crippen LogP contribution in [0.4, 0.5) is 0 Å². The summed E-state index contributed by atoms with van der Waals surface area (Å²) in [5.74, 6) is 1.50. The molecular weight excluding hydrogens is 196 g/mol. The number of ether oxygens (including phenoxy) is 1. The van der Waals surface area contributed by atoms with Crippen molar-refractivity contribution in [1.29, 1.82) is 0 Å². The second kappa shape index (κ2) is 5.17. The molecule has 1 saturated heterocycles. The van der Waals surface area contributed by atoms with Gasteiger partial charge in [0.05, 0.1) is 11.4 Å². The van der Waals surface area contributed by atoms with Gasteiger partial charge in [-0.15, -0.1) is 11.8 Å². The fourth-order valence-corrected chi connectivity index (χ4v) is 3.47. The van der Waals surface area contributed by atoms with Crippen molar-refractivity contribution in [3.05, 3.63) is 0 Å². The Bertz CT molecular complexity index is 199. The minimum Gasteiger partial charge on any atom is -0.377 e. The Labute approximate surface area is 89.8 Å². The van der Waals surface area contributed by atoms with E-state index in [-0.39, 0.29) is 5.25 Å². The van der Waals surface area contributed by atoms with Gasteiger partial charge in [0.1, 0.15) is 5.78 Å². The van der Waals surface area contributed by atoms with Gasteiger partial charge in [0.15, 0.2) is 0 Å².